The third-order valence-corrected chi connectivity index (χ3v) is 3.32. The molecule has 2 unspecified atom stereocenters. The van der Waals surface area contributed by atoms with Crippen LogP contribution in [0.5, 0.6) is 5.75 Å². The van der Waals surface area contributed by atoms with Crippen LogP contribution in [-0.2, 0) is 0 Å². The Morgan fingerprint density at radius 2 is 2.29 bits per heavy atom. The normalized spacial score (nSPS) is 20.6. The van der Waals surface area contributed by atoms with Crippen molar-refractivity contribution in [1.29, 1.82) is 0 Å². The lowest BCUT2D eigenvalue weighted by Crippen LogP contribution is -2.35. The summed E-state index contributed by atoms with van der Waals surface area (Å²) >= 11 is 12.1. The van der Waals surface area contributed by atoms with Crippen LogP contribution in [0, 0.1) is 0 Å². The first-order chi connectivity index (χ1) is 8.11. The molecule has 94 valence electrons. The standard InChI is InChI=1S/C12H15Cl2NO2/c1-7(6-16)15-11-2-3-17-12-9(11)4-8(13)5-10(12)14/h4-5,7,11,15-16H,2-3,6H2,1H3. The van der Waals surface area contributed by atoms with Gasteiger partial charge in [0.15, 0.2) is 0 Å². The van der Waals surface area contributed by atoms with E-state index in [1.807, 2.05) is 13.0 Å². The molecule has 5 heteroatoms. The van der Waals surface area contributed by atoms with Gasteiger partial charge in [-0.05, 0) is 19.1 Å². The number of nitrogens with one attached hydrogen (secondary N) is 1. The molecule has 2 rings (SSSR count). The van der Waals surface area contributed by atoms with Gasteiger partial charge in [0.1, 0.15) is 5.75 Å². The van der Waals surface area contributed by atoms with Crippen molar-refractivity contribution in [3.63, 3.8) is 0 Å². The minimum Gasteiger partial charge on any atom is -0.492 e. The van der Waals surface area contributed by atoms with Crippen LogP contribution >= 0.6 is 23.2 Å². The fourth-order valence-electron chi connectivity index (χ4n) is 1.99. The highest BCUT2D eigenvalue weighted by Crippen LogP contribution is 2.39. The molecule has 0 fully saturated rings. The van der Waals surface area contributed by atoms with E-state index in [1.165, 1.54) is 0 Å². The first kappa shape index (κ1) is 13.0. The van der Waals surface area contributed by atoms with Crippen LogP contribution in [0.3, 0.4) is 0 Å². The number of ether oxygens (including phenoxy) is 1. The van der Waals surface area contributed by atoms with Gasteiger partial charge in [-0.1, -0.05) is 23.2 Å². The smallest absolute Gasteiger partial charge is 0.142 e. The summed E-state index contributed by atoms with van der Waals surface area (Å²) in [6.07, 6.45) is 0.841. The molecule has 2 atom stereocenters. The largest absolute Gasteiger partial charge is 0.492 e. The lowest BCUT2D eigenvalue weighted by molar-refractivity contribution is 0.210. The lowest BCUT2D eigenvalue weighted by Gasteiger charge is -2.29. The average Bonchev–Trinajstić information content (AvgIpc) is 2.30. The predicted molar refractivity (Wildman–Crippen MR) is 69.0 cm³/mol. The van der Waals surface area contributed by atoms with Crippen LogP contribution < -0.4 is 10.1 Å². The summed E-state index contributed by atoms with van der Waals surface area (Å²) in [6.45, 7) is 2.65. The highest BCUT2D eigenvalue weighted by molar-refractivity contribution is 6.35. The molecule has 0 aromatic heterocycles. The maximum atomic E-state index is 9.08. The minimum atomic E-state index is 0.0312. The molecule has 0 aliphatic carbocycles. The summed E-state index contributed by atoms with van der Waals surface area (Å²) in [5.41, 5.74) is 0.967. The summed E-state index contributed by atoms with van der Waals surface area (Å²) in [6, 6.07) is 3.70. The number of benzene rings is 1. The van der Waals surface area contributed by atoms with Gasteiger partial charge in [-0.2, -0.15) is 0 Å². The highest BCUT2D eigenvalue weighted by Gasteiger charge is 2.25. The summed E-state index contributed by atoms with van der Waals surface area (Å²) in [5, 5.41) is 13.5. The fraction of sp³-hybridized carbons (Fsp3) is 0.500. The molecule has 0 radical (unpaired) electrons. The van der Waals surface area contributed by atoms with E-state index in [2.05, 4.69) is 5.32 Å². The maximum absolute atomic E-state index is 9.08. The van der Waals surface area contributed by atoms with Crippen molar-refractivity contribution in [2.24, 2.45) is 0 Å². The predicted octanol–water partition coefficient (Wildman–Crippen LogP) is 2.79. The first-order valence-electron chi connectivity index (χ1n) is 5.60. The van der Waals surface area contributed by atoms with Crippen LogP contribution in [0.4, 0.5) is 0 Å². The van der Waals surface area contributed by atoms with E-state index < -0.39 is 0 Å². The Morgan fingerprint density at radius 1 is 1.53 bits per heavy atom. The monoisotopic (exact) mass is 275 g/mol. The summed E-state index contributed by atoms with van der Waals surface area (Å²) in [4.78, 5) is 0. The molecule has 1 aliphatic heterocycles. The molecule has 2 N–H and O–H groups in total. The third-order valence-electron chi connectivity index (χ3n) is 2.83. The maximum Gasteiger partial charge on any atom is 0.142 e. The Morgan fingerprint density at radius 3 is 3.00 bits per heavy atom. The highest BCUT2D eigenvalue weighted by atomic mass is 35.5. The van der Waals surface area contributed by atoms with Crippen LogP contribution in [0.15, 0.2) is 12.1 Å². The van der Waals surface area contributed by atoms with Crippen molar-refractivity contribution in [2.75, 3.05) is 13.2 Å². The molecular formula is C12H15Cl2NO2. The number of halogens is 2. The Kier molecular flexibility index (Phi) is 4.15. The molecule has 3 nitrogen and oxygen atoms in total. The van der Waals surface area contributed by atoms with Crippen LogP contribution in [0.2, 0.25) is 10.0 Å². The van der Waals surface area contributed by atoms with Gasteiger partial charge in [-0.25, -0.2) is 0 Å². The zero-order valence-corrected chi connectivity index (χ0v) is 11.1. The molecule has 0 saturated heterocycles. The van der Waals surface area contributed by atoms with Gasteiger partial charge in [0.2, 0.25) is 0 Å². The van der Waals surface area contributed by atoms with Gasteiger partial charge in [0.05, 0.1) is 18.2 Å². The zero-order valence-electron chi connectivity index (χ0n) is 9.54. The van der Waals surface area contributed by atoms with Gasteiger partial charge in [-0.15, -0.1) is 0 Å². The van der Waals surface area contributed by atoms with E-state index in [0.717, 1.165) is 12.0 Å². The second kappa shape index (κ2) is 5.44. The topological polar surface area (TPSA) is 41.5 Å². The SMILES string of the molecule is CC(CO)NC1CCOc2c(Cl)cc(Cl)cc21. The Hall–Kier alpha value is -0.480. The van der Waals surface area contributed by atoms with Gasteiger partial charge in [-0.3, -0.25) is 0 Å². The van der Waals surface area contributed by atoms with Crippen molar-refractivity contribution in [1.82, 2.24) is 5.32 Å². The van der Waals surface area contributed by atoms with Gasteiger partial charge < -0.3 is 15.2 Å². The number of aliphatic hydroxyl groups excluding tert-OH is 1. The van der Waals surface area contributed by atoms with Gasteiger partial charge in [0, 0.05) is 29.1 Å². The second-order valence-corrected chi connectivity index (χ2v) is 5.09. The van der Waals surface area contributed by atoms with Crippen molar-refractivity contribution in [2.45, 2.75) is 25.4 Å². The fourth-order valence-corrected chi connectivity index (χ4v) is 2.56. The second-order valence-electron chi connectivity index (χ2n) is 4.25. The zero-order chi connectivity index (χ0) is 12.4. The molecule has 0 spiro atoms. The van der Waals surface area contributed by atoms with Crippen molar-refractivity contribution in [3.05, 3.63) is 27.7 Å². The van der Waals surface area contributed by atoms with Crippen molar-refractivity contribution < 1.29 is 9.84 Å². The Bertz CT molecular complexity index is 412. The van der Waals surface area contributed by atoms with E-state index in [4.69, 9.17) is 33.0 Å². The number of rotatable bonds is 3. The quantitative estimate of drug-likeness (QED) is 0.892. The van der Waals surface area contributed by atoms with Crippen molar-refractivity contribution >= 4 is 23.2 Å². The molecular weight excluding hydrogens is 261 g/mol. The van der Waals surface area contributed by atoms with Crippen molar-refractivity contribution in [3.8, 4) is 5.75 Å². The first-order valence-corrected chi connectivity index (χ1v) is 6.36. The van der Waals surface area contributed by atoms with Gasteiger partial charge in [0.25, 0.3) is 0 Å². The number of hydrogen-bond acceptors (Lipinski definition) is 3. The van der Waals surface area contributed by atoms with E-state index >= 15 is 0 Å². The summed E-state index contributed by atoms with van der Waals surface area (Å²) < 4.78 is 5.56. The number of aliphatic hydroxyl groups is 1. The van der Waals surface area contributed by atoms with E-state index in [1.54, 1.807) is 6.07 Å². The van der Waals surface area contributed by atoms with Gasteiger partial charge >= 0.3 is 0 Å². The lowest BCUT2D eigenvalue weighted by atomic mass is 10.00. The molecule has 1 heterocycles. The number of hydrogen-bond donors (Lipinski definition) is 2. The molecule has 0 bridgehead atoms. The molecule has 17 heavy (non-hydrogen) atoms. The molecule has 0 saturated carbocycles. The molecule has 0 amide bonds. The van der Waals surface area contributed by atoms with Crippen LogP contribution in [-0.4, -0.2) is 24.4 Å². The molecule has 1 aromatic carbocycles. The van der Waals surface area contributed by atoms with Crippen LogP contribution in [0.25, 0.3) is 0 Å². The Labute approximate surface area is 111 Å². The summed E-state index contributed by atoms with van der Waals surface area (Å²) in [7, 11) is 0. The van der Waals surface area contributed by atoms with E-state index in [9.17, 15) is 0 Å². The summed E-state index contributed by atoms with van der Waals surface area (Å²) in [5.74, 6) is 0.699. The molecule has 1 aromatic rings. The number of fused-ring (bicyclic) bond motifs is 1. The van der Waals surface area contributed by atoms with E-state index in [0.29, 0.717) is 22.4 Å². The van der Waals surface area contributed by atoms with E-state index in [-0.39, 0.29) is 18.7 Å². The third kappa shape index (κ3) is 2.86. The average molecular weight is 276 g/mol. The molecule has 1 aliphatic rings. The minimum absolute atomic E-state index is 0.0312. The van der Waals surface area contributed by atoms with Crippen LogP contribution in [0.1, 0.15) is 24.9 Å². The Balaban J connectivity index is 2.30.